The summed E-state index contributed by atoms with van der Waals surface area (Å²) in [7, 11) is 0. The molecule has 0 bridgehead atoms. The summed E-state index contributed by atoms with van der Waals surface area (Å²) in [5.41, 5.74) is 1.02. The molecule has 1 aliphatic rings. The van der Waals surface area contributed by atoms with Gasteiger partial charge >= 0.3 is 0 Å². The van der Waals surface area contributed by atoms with Crippen molar-refractivity contribution < 1.29 is 4.74 Å². The molecule has 1 N–H and O–H groups in total. The molecule has 2 heterocycles. The molecule has 1 aromatic rings. The lowest BCUT2D eigenvalue weighted by Crippen LogP contribution is -2.34. The first kappa shape index (κ1) is 13.5. The third kappa shape index (κ3) is 4.39. The average molecular weight is 248 g/mol. The molecular weight excluding hydrogens is 224 g/mol. The molecule has 0 aliphatic carbocycles. The van der Waals surface area contributed by atoms with Crippen molar-refractivity contribution in [1.82, 2.24) is 10.3 Å². The molecule has 0 spiro atoms. The molecule has 0 amide bonds. The highest BCUT2D eigenvalue weighted by atomic mass is 16.5. The van der Waals surface area contributed by atoms with Crippen molar-refractivity contribution in [2.45, 2.75) is 51.2 Å². The van der Waals surface area contributed by atoms with Gasteiger partial charge < -0.3 is 10.1 Å². The molecule has 0 aromatic carbocycles. The van der Waals surface area contributed by atoms with Crippen LogP contribution in [0.3, 0.4) is 0 Å². The van der Waals surface area contributed by atoms with Gasteiger partial charge in [-0.1, -0.05) is 12.5 Å². The van der Waals surface area contributed by atoms with Crippen LogP contribution in [0.2, 0.25) is 0 Å². The predicted octanol–water partition coefficient (Wildman–Crippen LogP) is 3.08. The Bertz CT molecular complexity index is 323. The topological polar surface area (TPSA) is 34.1 Å². The third-order valence-corrected chi connectivity index (χ3v) is 3.58. The molecule has 3 heteroatoms. The Morgan fingerprint density at radius 2 is 2.39 bits per heavy atom. The lowest BCUT2D eigenvalue weighted by Gasteiger charge is -2.23. The number of rotatable bonds is 6. The van der Waals surface area contributed by atoms with E-state index in [1.807, 2.05) is 24.4 Å². The Kier molecular flexibility index (Phi) is 5.62. The van der Waals surface area contributed by atoms with Gasteiger partial charge in [-0.05, 0) is 51.3 Å². The van der Waals surface area contributed by atoms with Crippen molar-refractivity contribution in [3.8, 4) is 0 Å². The van der Waals surface area contributed by atoms with E-state index in [0.29, 0.717) is 6.04 Å². The van der Waals surface area contributed by atoms with Crippen LogP contribution in [0.25, 0.3) is 0 Å². The third-order valence-electron chi connectivity index (χ3n) is 3.58. The van der Waals surface area contributed by atoms with Gasteiger partial charge in [-0.2, -0.15) is 0 Å². The maximum absolute atomic E-state index is 5.83. The van der Waals surface area contributed by atoms with Crippen molar-refractivity contribution in [3.05, 3.63) is 30.1 Å². The summed E-state index contributed by atoms with van der Waals surface area (Å²) in [6.07, 6.45) is 8.33. The second kappa shape index (κ2) is 7.49. The molecule has 0 radical (unpaired) electrons. The van der Waals surface area contributed by atoms with E-state index in [0.717, 1.165) is 18.7 Å². The lowest BCUT2D eigenvalue weighted by atomic mass is 10.0. The molecule has 1 aliphatic heterocycles. The van der Waals surface area contributed by atoms with Gasteiger partial charge in [0.15, 0.2) is 0 Å². The first-order valence-electron chi connectivity index (χ1n) is 7.12. The van der Waals surface area contributed by atoms with Gasteiger partial charge in [0.25, 0.3) is 0 Å². The van der Waals surface area contributed by atoms with Crippen molar-refractivity contribution >= 4 is 0 Å². The summed E-state index contributed by atoms with van der Waals surface area (Å²) in [6, 6.07) is 6.68. The standard InChI is InChI=1S/C15H24N2O/c1-13(15-9-3-5-11-17-15)18-12-6-8-14-7-2-4-10-16-14/h3,5,9,11,13-14,16H,2,4,6-8,10,12H2,1H3/t13-,14+/m0/s1. The average Bonchev–Trinajstić information content (AvgIpc) is 2.45. The van der Waals surface area contributed by atoms with Gasteiger partial charge in [-0.3, -0.25) is 4.98 Å². The number of hydrogen-bond donors (Lipinski definition) is 1. The summed E-state index contributed by atoms with van der Waals surface area (Å²) < 4.78 is 5.83. The van der Waals surface area contributed by atoms with Crippen LogP contribution in [0.4, 0.5) is 0 Å². The van der Waals surface area contributed by atoms with Crippen LogP contribution >= 0.6 is 0 Å². The zero-order chi connectivity index (χ0) is 12.6. The maximum atomic E-state index is 5.83. The van der Waals surface area contributed by atoms with E-state index in [-0.39, 0.29) is 6.10 Å². The van der Waals surface area contributed by atoms with E-state index in [1.165, 1.54) is 32.2 Å². The van der Waals surface area contributed by atoms with E-state index < -0.39 is 0 Å². The molecule has 1 saturated heterocycles. The highest BCUT2D eigenvalue weighted by Gasteiger charge is 2.12. The number of pyridine rings is 1. The van der Waals surface area contributed by atoms with Gasteiger partial charge in [-0.25, -0.2) is 0 Å². The Balaban J connectivity index is 1.60. The normalized spacial score (nSPS) is 21.7. The quantitative estimate of drug-likeness (QED) is 0.786. The van der Waals surface area contributed by atoms with Gasteiger partial charge in [0.1, 0.15) is 0 Å². The van der Waals surface area contributed by atoms with Crippen molar-refractivity contribution in [3.63, 3.8) is 0 Å². The van der Waals surface area contributed by atoms with E-state index in [1.54, 1.807) is 0 Å². The molecule has 1 fully saturated rings. The van der Waals surface area contributed by atoms with Crippen LogP contribution in [0, 0.1) is 0 Å². The lowest BCUT2D eigenvalue weighted by molar-refractivity contribution is 0.0584. The second-order valence-electron chi connectivity index (χ2n) is 5.06. The van der Waals surface area contributed by atoms with E-state index in [9.17, 15) is 0 Å². The zero-order valence-electron chi connectivity index (χ0n) is 11.3. The van der Waals surface area contributed by atoms with Crippen LogP contribution in [-0.2, 0) is 4.74 Å². The highest BCUT2D eigenvalue weighted by molar-refractivity contribution is 5.05. The highest BCUT2D eigenvalue weighted by Crippen LogP contribution is 2.15. The number of piperidine rings is 1. The minimum atomic E-state index is 0.102. The molecule has 0 saturated carbocycles. The summed E-state index contributed by atoms with van der Waals surface area (Å²) in [5, 5.41) is 3.57. The smallest absolute Gasteiger partial charge is 0.0966 e. The Morgan fingerprint density at radius 1 is 1.44 bits per heavy atom. The molecule has 1 aromatic heterocycles. The van der Waals surface area contributed by atoms with Crippen molar-refractivity contribution in [2.24, 2.45) is 0 Å². The summed E-state index contributed by atoms with van der Waals surface area (Å²) in [5.74, 6) is 0. The number of ether oxygens (including phenoxy) is 1. The number of hydrogen-bond acceptors (Lipinski definition) is 3. The van der Waals surface area contributed by atoms with Gasteiger partial charge in [-0.15, -0.1) is 0 Å². The molecule has 0 unspecified atom stereocenters. The first-order chi connectivity index (χ1) is 8.86. The van der Waals surface area contributed by atoms with Gasteiger partial charge in [0, 0.05) is 18.8 Å². The van der Waals surface area contributed by atoms with Gasteiger partial charge in [0.2, 0.25) is 0 Å². The molecule has 3 nitrogen and oxygen atoms in total. The van der Waals surface area contributed by atoms with Crippen LogP contribution in [-0.4, -0.2) is 24.2 Å². The molecule has 2 rings (SSSR count). The van der Waals surface area contributed by atoms with Crippen LogP contribution in [0.5, 0.6) is 0 Å². The maximum Gasteiger partial charge on any atom is 0.0966 e. The van der Waals surface area contributed by atoms with Crippen molar-refractivity contribution in [2.75, 3.05) is 13.2 Å². The van der Waals surface area contributed by atoms with E-state index in [2.05, 4.69) is 17.2 Å². The largest absolute Gasteiger partial charge is 0.372 e. The second-order valence-corrected chi connectivity index (χ2v) is 5.06. The molecular formula is C15H24N2O. The summed E-state index contributed by atoms with van der Waals surface area (Å²) in [6.45, 7) is 4.09. The fraction of sp³-hybridized carbons (Fsp3) is 0.667. The summed E-state index contributed by atoms with van der Waals surface area (Å²) >= 11 is 0. The Labute approximate surface area is 110 Å². The fourth-order valence-corrected chi connectivity index (χ4v) is 2.46. The van der Waals surface area contributed by atoms with Crippen molar-refractivity contribution in [1.29, 1.82) is 0 Å². The van der Waals surface area contributed by atoms with E-state index >= 15 is 0 Å². The monoisotopic (exact) mass is 248 g/mol. The minimum absolute atomic E-state index is 0.102. The minimum Gasteiger partial charge on any atom is -0.372 e. The van der Waals surface area contributed by atoms with Gasteiger partial charge in [0.05, 0.1) is 11.8 Å². The van der Waals surface area contributed by atoms with Crippen LogP contribution < -0.4 is 5.32 Å². The first-order valence-corrected chi connectivity index (χ1v) is 7.12. The number of nitrogens with zero attached hydrogens (tertiary/aromatic N) is 1. The Morgan fingerprint density at radius 3 is 3.11 bits per heavy atom. The predicted molar refractivity (Wildman–Crippen MR) is 73.5 cm³/mol. The van der Waals surface area contributed by atoms with Crippen LogP contribution in [0.1, 0.15) is 50.8 Å². The summed E-state index contributed by atoms with van der Waals surface area (Å²) in [4.78, 5) is 4.31. The van der Waals surface area contributed by atoms with E-state index in [4.69, 9.17) is 4.74 Å². The molecule has 100 valence electrons. The van der Waals surface area contributed by atoms with Crippen LogP contribution in [0.15, 0.2) is 24.4 Å². The fourth-order valence-electron chi connectivity index (χ4n) is 2.46. The number of aromatic nitrogens is 1. The molecule has 2 atom stereocenters. The molecule has 18 heavy (non-hydrogen) atoms. The number of nitrogens with one attached hydrogen (secondary N) is 1. The zero-order valence-corrected chi connectivity index (χ0v) is 11.3. The SMILES string of the molecule is C[C@H](OCCC[C@H]1CCCCN1)c1ccccn1. The Hall–Kier alpha value is -0.930.